The van der Waals surface area contributed by atoms with Crippen LogP contribution in [-0.4, -0.2) is 31.8 Å². The zero-order chi connectivity index (χ0) is 21.8. The van der Waals surface area contributed by atoms with Gasteiger partial charge in [0, 0.05) is 12.8 Å². The molecule has 0 N–H and O–H groups in total. The molecule has 0 atom stereocenters. The maximum atomic E-state index is 13.4. The van der Waals surface area contributed by atoms with Gasteiger partial charge in [-0.1, -0.05) is 26.2 Å². The smallest absolute Gasteiger partial charge is 0.305 e. The zero-order valence-electron chi connectivity index (χ0n) is 16.0. The molecule has 0 spiro atoms. The van der Waals surface area contributed by atoms with E-state index in [1.54, 1.807) is 0 Å². The number of unbranched alkanes of at least 4 members (excludes halogenated alkanes) is 3. The Hall–Kier alpha value is -2.39. The Bertz CT molecular complexity index is 667. The Kier molecular flexibility index (Phi) is 11.0. The van der Waals surface area contributed by atoms with E-state index in [-0.39, 0.29) is 19.3 Å². The minimum atomic E-state index is -2.29. The van der Waals surface area contributed by atoms with Crippen LogP contribution in [0.1, 0.15) is 51.9 Å². The van der Waals surface area contributed by atoms with Gasteiger partial charge in [0.25, 0.3) is 0 Å². The van der Waals surface area contributed by atoms with Crippen LogP contribution in [0.5, 0.6) is 5.75 Å². The van der Waals surface area contributed by atoms with Crippen LogP contribution in [0.4, 0.5) is 22.0 Å². The van der Waals surface area contributed by atoms with Crippen molar-refractivity contribution in [1.82, 2.24) is 0 Å². The lowest BCUT2D eigenvalue weighted by Gasteiger charge is -2.10. The van der Waals surface area contributed by atoms with E-state index in [1.165, 1.54) is 0 Å². The van der Waals surface area contributed by atoms with Crippen molar-refractivity contribution >= 4 is 11.9 Å². The number of carbonyl (C=O) groups is 2. The standard InChI is InChI=1S/C19H23F5O5/c1-2-3-4-5-9-27-12(25)7-6-8-13(26)28-10-11-29-19-17(23)15(21)14(20)16(22)18(19)24/h2-11H2,1H3. The van der Waals surface area contributed by atoms with E-state index in [0.717, 1.165) is 25.7 Å². The maximum absolute atomic E-state index is 13.4. The predicted molar refractivity (Wildman–Crippen MR) is 91.6 cm³/mol. The van der Waals surface area contributed by atoms with Gasteiger partial charge in [-0.2, -0.15) is 8.78 Å². The molecular weight excluding hydrogens is 403 g/mol. The Morgan fingerprint density at radius 3 is 1.72 bits per heavy atom. The molecule has 10 heteroatoms. The van der Waals surface area contributed by atoms with Crippen molar-refractivity contribution in [2.24, 2.45) is 0 Å². The predicted octanol–water partition coefficient (Wildman–Crippen LogP) is 4.60. The summed E-state index contributed by atoms with van der Waals surface area (Å²) in [6.45, 7) is 1.30. The number of rotatable bonds is 13. The zero-order valence-corrected chi connectivity index (χ0v) is 16.0. The molecule has 0 bridgehead atoms. The van der Waals surface area contributed by atoms with E-state index in [0.29, 0.717) is 6.61 Å². The molecule has 1 aromatic carbocycles. The second-order valence-electron chi connectivity index (χ2n) is 6.10. The molecule has 0 radical (unpaired) electrons. The highest BCUT2D eigenvalue weighted by molar-refractivity contribution is 5.72. The van der Waals surface area contributed by atoms with Gasteiger partial charge in [0.1, 0.15) is 13.2 Å². The molecule has 0 saturated heterocycles. The molecule has 0 aromatic heterocycles. The lowest BCUT2D eigenvalue weighted by atomic mass is 10.2. The lowest BCUT2D eigenvalue weighted by Crippen LogP contribution is -2.15. The van der Waals surface area contributed by atoms with Crippen LogP contribution < -0.4 is 4.74 Å². The molecule has 0 aliphatic rings. The van der Waals surface area contributed by atoms with Crippen LogP contribution >= 0.6 is 0 Å². The molecule has 1 aromatic rings. The summed E-state index contributed by atoms with van der Waals surface area (Å²) in [7, 11) is 0. The summed E-state index contributed by atoms with van der Waals surface area (Å²) in [5.74, 6) is -13.4. The normalized spacial score (nSPS) is 10.7. The fraction of sp³-hybridized carbons (Fsp3) is 0.579. The van der Waals surface area contributed by atoms with Crippen LogP contribution in [0, 0.1) is 29.1 Å². The average Bonchev–Trinajstić information content (AvgIpc) is 2.70. The number of ether oxygens (including phenoxy) is 3. The number of esters is 2. The minimum Gasteiger partial charge on any atom is -0.484 e. The first kappa shape index (κ1) is 24.6. The SMILES string of the molecule is CCCCCCOC(=O)CCCC(=O)OCCOc1c(F)c(F)c(F)c(F)c1F. The molecule has 29 heavy (non-hydrogen) atoms. The van der Waals surface area contributed by atoms with Gasteiger partial charge in [-0.3, -0.25) is 9.59 Å². The van der Waals surface area contributed by atoms with Gasteiger partial charge in [0.15, 0.2) is 5.75 Å². The van der Waals surface area contributed by atoms with Gasteiger partial charge in [-0.05, 0) is 12.8 Å². The van der Waals surface area contributed by atoms with Gasteiger partial charge in [-0.15, -0.1) is 0 Å². The molecule has 164 valence electrons. The summed E-state index contributed by atoms with van der Waals surface area (Å²) in [4.78, 5) is 23.0. The van der Waals surface area contributed by atoms with E-state index in [1.807, 2.05) is 0 Å². The van der Waals surface area contributed by atoms with E-state index in [9.17, 15) is 31.5 Å². The third-order valence-electron chi connectivity index (χ3n) is 3.79. The summed E-state index contributed by atoms with van der Waals surface area (Å²) in [6.07, 6.45) is 4.01. The van der Waals surface area contributed by atoms with Crippen molar-refractivity contribution in [1.29, 1.82) is 0 Å². The van der Waals surface area contributed by atoms with E-state index < -0.39 is 60.0 Å². The molecule has 5 nitrogen and oxygen atoms in total. The van der Waals surface area contributed by atoms with Crippen molar-refractivity contribution in [2.75, 3.05) is 19.8 Å². The maximum Gasteiger partial charge on any atom is 0.305 e. The van der Waals surface area contributed by atoms with Gasteiger partial charge in [0.2, 0.25) is 29.1 Å². The van der Waals surface area contributed by atoms with Crippen LogP contribution in [0.25, 0.3) is 0 Å². The third kappa shape index (κ3) is 8.25. The monoisotopic (exact) mass is 426 g/mol. The summed E-state index contributed by atoms with van der Waals surface area (Å²) in [5, 5.41) is 0. The van der Waals surface area contributed by atoms with Crippen LogP contribution in [0.15, 0.2) is 0 Å². The fourth-order valence-electron chi connectivity index (χ4n) is 2.25. The van der Waals surface area contributed by atoms with Gasteiger partial charge in [0.05, 0.1) is 6.61 Å². The number of benzene rings is 1. The summed E-state index contributed by atoms with van der Waals surface area (Å²) in [6, 6.07) is 0. The summed E-state index contributed by atoms with van der Waals surface area (Å²) in [5.41, 5.74) is 0. The van der Waals surface area contributed by atoms with E-state index >= 15 is 0 Å². The second kappa shape index (κ2) is 12.9. The van der Waals surface area contributed by atoms with Gasteiger partial charge in [-0.25, -0.2) is 13.2 Å². The number of halogens is 5. The highest BCUT2D eigenvalue weighted by atomic mass is 19.2. The molecular formula is C19H23F5O5. The van der Waals surface area contributed by atoms with E-state index in [4.69, 9.17) is 9.47 Å². The fourth-order valence-corrected chi connectivity index (χ4v) is 2.25. The second-order valence-corrected chi connectivity index (χ2v) is 6.10. The molecule has 0 fully saturated rings. The molecule has 1 rings (SSSR count). The first-order valence-corrected chi connectivity index (χ1v) is 9.25. The van der Waals surface area contributed by atoms with Gasteiger partial charge >= 0.3 is 11.9 Å². The van der Waals surface area contributed by atoms with Crippen molar-refractivity contribution in [3.8, 4) is 5.75 Å². The molecule has 0 unspecified atom stereocenters. The number of hydrogen-bond donors (Lipinski definition) is 0. The van der Waals surface area contributed by atoms with E-state index in [2.05, 4.69) is 11.7 Å². The van der Waals surface area contributed by atoms with Crippen LogP contribution in [-0.2, 0) is 19.1 Å². The Morgan fingerprint density at radius 1 is 0.655 bits per heavy atom. The quantitative estimate of drug-likeness (QED) is 0.152. The Balaban J connectivity index is 2.23. The van der Waals surface area contributed by atoms with Crippen LogP contribution in [0.3, 0.4) is 0 Å². The molecule has 0 saturated carbocycles. The lowest BCUT2D eigenvalue weighted by molar-refractivity contribution is -0.146. The Morgan fingerprint density at radius 2 is 1.17 bits per heavy atom. The van der Waals surface area contributed by atoms with Crippen molar-refractivity contribution < 1.29 is 45.8 Å². The minimum absolute atomic E-state index is 0.0317. The molecule has 0 aliphatic carbocycles. The molecule has 0 amide bonds. The highest BCUT2D eigenvalue weighted by Gasteiger charge is 2.27. The highest BCUT2D eigenvalue weighted by Crippen LogP contribution is 2.28. The first-order chi connectivity index (χ1) is 13.8. The summed E-state index contributed by atoms with van der Waals surface area (Å²) >= 11 is 0. The Labute approximate surface area is 165 Å². The summed E-state index contributed by atoms with van der Waals surface area (Å²) < 4.78 is 79.9. The van der Waals surface area contributed by atoms with Crippen molar-refractivity contribution in [3.63, 3.8) is 0 Å². The molecule has 0 aliphatic heterocycles. The molecule has 0 heterocycles. The van der Waals surface area contributed by atoms with Gasteiger partial charge < -0.3 is 14.2 Å². The van der Waals surface area contributed by atoms with Crippen molar-refractivity contribution in [3.05, 3.63) is 29.1 Å². The first-order valence-electron chi connectivity index (χ1n) is 9.25. The third-order valence-corrected chi connectivity index (χ3v) is 3.79. The van der Waals surface area contributed by atoms with Crippen LogP contribution in [0.2, 0.25) is 0 Å². The number of carbonyl (C=O) groups excluding carboxylic acids is 2. The topological polar surface area (TPSA) is 61.8 Å². The van der Waals surface area contributed by atoms with Crippen molar-refractivity contribution in [2.45, 2.75) is 51.9 Å². The average molecular weight is 426 g/mol. The number of hydrogen-bond acceptors (Lipinski definition) is 5. The largest absolute Gasteiger partial charge is 0.484 e.